The molecule has 0 spiro atoms. The quantitative estimate of drug-likeness (QED) is 0.782. The maximum atomic E-state index is 12.9. The third kappa shape index (κ3) is 4.60. The first kappa shape index (κ1) is 22.6. The van der Waals surface area contributed by atoms with Crippen molar-refractivity contribution in [1.29, 1.82) is 0 Å². The number of carboxylic acid groups (broad SMARTS) is 1. The number of amides is 2. The highest BCUT2D eigenvalue weighted by Gasteiger charge is 2.30. The zero-order chi connectivity index (χ0) is 23.0. The minimum atomic E-state index is -0.986. The van der Waals surface area contributed by atoms with E-state index < -0.39 is 11.6 Å². The number of fused-ring (bicyclic) bond motifs is 1. The van der Waals surface area contributed by atoms with Crippen molar-refractivity contribution in [2.45, 2.75) is 71.5 Å². The van der Waals surface area contributed by atoms with Crippen molar-refractivity contribution >= 4 is 28.6 Å². The Morgan fingerprint density at radius 3 is 2.38 bits per heavy atom. The summed E-state index contributed by atoms with van der Waals surface area (Å²) in [4.78, 5) is 30.7. The first-order valence-corrected chi connectivity index (χ1v) is 11.7. The number of carbonyl (C=O) groups is 2. The first-order valence-electron chi connectivity index (χ1n) is 11.7. The van der Waals surface area contributed by atoms with Gasteiger partial charge in [0, 0.05) is 36.3 Å². The summed E-state index contributed by atoms with van der Waals surface area (Å²) in [6, 6.07) is 4.38. The van der Waals surface area contributed by atoms with E-state index in [1.807, 2.05) is 50.9 Å². The fourth-order valence-corrected chi connectivity index (χ4v) is 5.11. The highest BCUT2D eigenvalue weighted by atomic mass is 16.4. The maximum Gasteiger partial charge on any atom is 0.412 e. The summed E-state index contributed by atoms with van der Waals surface area (Å²) in [5.41, 5.74) is 1.69. The molecular weight excluding hydrogens is 406 g/mol. The molecule has 1 aromatic carbocycles. The molecule has 1 N–H and O–H groups in total. The molecule has 2 aromatic rings. The van der Waals surface area contributed by atoms with Gasteiger partial charge < -0.3 is 14.9 Å². The second-order valence-electron chi connectivity index (χ2n) is 10.2. The Kier molecular flexibility index (Phi) is 6.16. The van der Waals surface area contributed by atoms with Crippen LogP contribution in [0.4, 0.5) is 10.5 Å². The smallest absolute Gasteiger partial charge is 0.412 e. The fraction of sp³-hybridized carbons (Fsp3) is 0.625. The topological polar surface area (TPSA) is 81.9 Å². The lowest BCUT2D eigenvalue weighted by atomic mass is 10.0. The number of aryl methyl sites for hydroxylation is 1. The lowest BCUT2D eigenvalue weighted by Gasteiger charge is -2.36. The van der Waals surface area contributed by atoms with Crippen LogP contribution in [0, 0.1) is 6.92 Å². The molecule has 2 aliphatic rings. The Morgan fingerprint density at radius 2 is 1.78 bits per heavy atom. The molecule has 2 amide bonds. The third-order valence-electron chi connectivity index (χ3n) is 6.74. The lowest BCUT2D eigenvalue weighted by Crippen LogP contribution is -2.46. The van der Waals surface area contributed by atoms with Crippen molar-refractivity contribution in [3.63, 3.8) is 0 Å². The van der Waals surface area contributed by atoms with Crippen molar-refractivity contribution < 1.29 is 14.7 Å². The van der Waals surface area contributed by atoms with Crippen LogP contribution >= 0.6 is 0 Å². The van der Waals surface area contributed by atoms with Crippen LogP contribution in [0.25, 0.3) is 10.9 Å². The summed E-state index contributed by atoms with van der Waals surface area (Å²) < 4.78 is 1.69. The first-order chi connectivity index (χ1) is 15.1. The third-order valence-corrected chi connectivity index (χ3v) is 6.74. The Balaban J connectivity index is 1.46. The second kappa shape index (κ2) is 8.73. The van der Waals surface area contributed by atoms with E-state index in [0.29, 0.717) is 11.7 Å². The van der Waals surface area contributed by atoms with Gasteiger partial charge in [0.1, 0.15) is 6.54 Å². The van der Waals surface area contributed by atoms with E-state index in [0.717, 1.165) is 42.4 Å². The van der Waals surface area contributed by atoms with Crippen molar-refractivity contribution in [3.05, 3.63) is 23.9 Å². The number of anilines is 1. The Hall–Kier alpha value is -2.61. The van der Waals surface area contributed by atoms with Gasteiger partial charge in [-0.05, 0) is 84.2 Å². The highest BCUT2D eigenvalue weighted by Crippen LogP contribution is 2.31. The van der Waals surface area contributed by atoms with Crippen LogP contribution in [-0.4, -0.2) is 74.4 Å². The number of carbonyl (C=O) groups excluding carboxylic acids is 1. The Morgan fingerprint density at radius 1 is 1.12 bits per heavy atom. The number of piperidine rings is 1. The molecule has 0 unspecified atom stereocenters. The molecule has 8 nitrogen and oxygen atoms in total. The van der Waals surface area contributed by atoms with Gasteiger partial charge in [-0.3, -0.25) is 14.4 Å². The molecule has 3 heterocycles. The van der Waals surface area contributed by atoms with Gasteiger partial charge in [-0.1, -0.05) is 0 Å². The predicted molar refractivity (Wildman–Crippen MR) is 125 cm³/mol. The van der Waals surface area contributed by atoms with Gasteiger partial charge in [-0.25, -0.2) is 4.79 Å². The summed E-state index contributed by atoms with van der Waals surface area (Å²) in [6.07, 6.45) is 5.55. The summed E-state index contributed by atoms with van der Waals surface area (Å²) in [5, 5.41) is 15.2. The van der Waals surface area contributed by atoms with Crippen LogP contribution in [0.3, 0.4) is 0 Å². The zero-order valence-corrected chi connectivity index (χ0v) is 19.7. The molecule has 0 bridgehead atoms. The molecule has 174 valence electrons. The number of rotatable bonds is 4. The number of likely N-dealkylation sites (tertiary alicyclic amines) is 2. The molecule has 4 rings (SSSR count). The minimum absolute atomic E-state index is 0.0940. The molecule has 2 fully saturated rings. The van der Waals surface area contributed by atoms with Crippen LogP contribution in [0.1, 0.15) is 52.0 Å². The van der Waals surface area contributed by atoms with Gasteiger partial charge in [-0.2, -0.15) is 5.10 Å². The van der Waals surface area contributed by atoms with Crippen LogP contribution in [0.15, 0.2) is 18.3 Å². The molecule has 0 saturated carbocycles. The molecule has 1 aromatic heterocycles. The second-order valence-corrected chi connectivity index (χ2v) is 10.2. The fourth-order valence-electron chi connectivity index (χ4n) is 5.11. The molecule has 8 heteroatoms. The summed E-state index contributed by atoms with van der Waals surface area (Å²) in [7, 11) is 0. The average molecular weight is 442 g/mol. The lowest BCUT2D eigenvalue weighted by molar-refractivity contribution is -0.133. The zero-order valence-electron chi connectivity index (χ0n) is 19.7. The maximum absolute atomic E-state index is 12.9. The van der Waals surface area contributed by atoms with Crippen molar-refractivity contribution in [2.75, 3.05) is 31.1 Å². The molecule has 0 radical (unpaired) electrons. The molecular formula is C24H35N5O3. The van der Waals surface area contributed by atoms with Crippen molar-refractivity contribution in [1.82, 2.24) is 19.6 Å². The molecule has 0 atom stereocenters. The van der Waals surface area contributed by atoms with Gasteiger partial charge in [0.25, 0.3) is 0 Å². The van der Waals surface area contributed by atoms with E-state index in [1.54, 1.807) is 4.68 Å². The van der Waals surface area contributed by atoms with Crippen LogP contribution in [0.2, 0.25) is 0 Å². The number of hydrogen-bond donors (Lipinski definition) is 1. The minimum Gasteiger partial charge on any atom is -0.465 e. The summed E-state index contributed by atoms with van der Waals surface area (Å²) in [6.45, 7) is 11.7. The van der Waals surface area contributed by atoms with E-state index >= 15 is 0 Å². The Labute approximate surface area is 189 Å². The molecule has 32 heavy (non-hydrogen) atoms. The molecule has 2 aliphatic heterocycles. The van der Waals surface area contributed by atoms with Gasteiger partial charge in [0.05, 0.1) is 11.2 Å². The summed E-state index contributed by atoms with van der Waals surface area (Å²) >= 11 is 0. The predicted octanol–water partition coefficient (Wildman–Crippen LogP) is 3.71. The number of hydrogen-bond acceptors (Lipinski definition) is 4. The van der Waals surface area contributed by atoms with E-state index in [1.165, 1.54) is 30.8 Å². The van der Waals surface area contributed by atoms with E-state index in [-0.39, 0.29) is 12.5 Å². The SMILES string of the molecule is Cc1cc2nn(CC(=O)N3CCC(N4CCCC4)CC3)cc2cc1N(C(=O)O)C(C)(C)C. The summed E-state index contributed by atoms with van der Waals surface area (Å²) in [5.74, 6) is 0.0940. The van der Waals surface area contributed by atoms with Gasteiger partial charge in [0.2, 0.25) is 5.91 Å². The molecule has 2 saturated heterocycles. The van der Waals surface area contributed by atoms with Crippen LogP contribution in [-0.2, 0) is 11.3 Å². The number of aromatic nitrogens is 2. The Bertz CT molecular complexity index is 995. The van der Waals surface area contributed by atoms with Crippen molar-refractivity contribution in [3.8, 4) is 0 Å². The normalized spacial score (nSPS) is 18.4. The highest BCUT2D eigenvalue weighted by molar-refractivity contribution is 5.93. The van der Waals surface area contributed by atoms with Gasteiger partial charge >= 0.3 is 6.09 Å². The van der Waals surface area contributed by atoms with E-state index in [9.17, 15) is 14.7 Å². The number of benzene rings is 1. The molecule has 0 aliphatic carbocycles. The monoisotopic (exact) mass is 441 g/mol. The average Bonchev–Trinajstić information content (AvgIpc) is 3.36. The van der Waals surface area contributed by atoms with Crippen LogP contribution in [0.5, 0.6) is 0 Å². The van der Waals surface area contributed by atoms with Gasteiger partial charge in [-0.15, -0.1) is 0 Å². The largest absolute Gasteiger partial charge is 0.465 e. The van der Waals surface area contributed by atoms with E-state index in [2.05, 4.69) is 10.00 Å². The van der Waals surface area contributed by atoms with Gasteiger partial charge in [0.15, 0.2) is 0 Å². The standard InChI is InChI=1S/C24H35N5O3/c1-17-13-20-18(14-21(17)29(23(31)32)24(2,3)4)15-28(25-20)16-22(30)27-11-7-19(8-12-27)26-9-5-6-10-26/h13-15,19H,5-12,16H2,1-4H3,(H,31,32). The van der Waals surface area contributed by atoms with E-state index in [4.69, 9.17) is 0 Å². The van der Waals surface area contributed by atoms with Crippen molar-refractivity contribution in [2.24, 2.45) is 0 Å². The van der Waals surface area contributed by atoms with Crippen LogP contribution < -0.4 is 4.90 Å². The number of nitrogens with zero attached hydrogens (tertiary/aromatic N) is 5.